The van der Waals surface area contributed by atoms with Crippen LogP contribution in [0, 0.1) is 6.92 Å². The highest BCUT2D eigenvalue weighted by Crippen LogP contribution is 2.19. The summed E-state index contributed by atoms with van der Waals surface area (Å²) in [6.07, 6.45) is 3.42. The number of aryl methyl sites for hydroxylation is 2. The first kappa shape index (κ1) is 14.6. The number of hydrogen-bond donors (Lipinski definition) is 1. The van der Waals surface area contributed by atoms with Gasteiger partial charge >= 0.3 is 5.97 Å². The van der Waals surface area contributed by atoms with Gasteiger partial charge in [0.05, 0.1) is 0 Å². The van der Waals surface area contributed by atoms with E-state index in [1.165, 1.54) is 5.56 Å². The van der Waals surface area contributed by atoms with Gasteiger partial charge in [0.2, 0.25) is 5.91 Å². The Morgan fingerprint density at radius 3 is 2.75 bits per heavy atom. The van der Waals surface area contributed by atoms with Crippen molar-refractivity contribution in [2.75, 3.05) is 6.54 Å². The molecule has 1 amide bonds. The van der Waals surface area contributed by atoms with Crippen LogP contribution in [0.2, 0.25) is 0 Å². The molecule has 0 aliphatic carbocycles. The third kappa shape index (κ3) is 3.38. The maximum atomic E-state index is 12.3. The minimum Gasteiger partial charge on any atom is -0.480 e. The van der Waals surface area contributed by atoms with E-state index in [9.17, 15) is 14.7 Å². The third-order valence-corrected chi connectivity index (χ3v) is 3.98. The molecule has 20 heavy (non-hydrogen) atoms. The molecule has 0 saturated carbocycles. The summed E-state index contributed by atoms with van der Waals surface area (Å²) in [6.45, 7) is 2.60. The van der Waals surface area contributed by atoms with E-state index in [1.54, 1.807) is 4.90 Å². The Hall–Kier alpha value is -1.84. The molecule has 1 aliphatic rings. The largest absolute Gasteiger partial charge is 0.480 e. The number of carbonyl (C=O) groups is 2. The monoisotopic (exact) mass is 275 g/mol. The van der Waals surface area contributed by atoms with Crippen molar-refractivity contribution in [2.45, 2.75) is 45.1 Å². The average Bonchev–Trinajstić information content (AvgIpc) is 2.46. The number of rotatable bonds is 4. The van der Waals surface area contributed by atoms with Crippen molar-refractivity contribution in [2.24, 2.45) is 0 Å². The second kappa shape index (κ2) is 6.55. The molecule has 1 saturated heterocycles. The van der Waals surface area contributed by atoms with Crippen molar-refractivity contribution >= 4 is 11.9 Å². The van der Waals surface area contributed by atoms with Gasteiger partial charge in [-0.25, -0.2) is 4.79 Å². The van der Waals surface area contributed by atoms with Crippen molar-refractivity contribution in [3.8, 4) is 0 Å². The number of hydrogen-bond acceptors (Lipinski definition) is 2. The minimum absolute atomic E-state index is 0.0413. The summed E-state index contributed by atoms with van der Waals surface area (Å²) in [6, 6.07) is 7.36. The van der Waals surface area contributed by atoms with E-state index in [4.69, 9.17) is 0 Å². The van der Waals surface area contributed by atoms with Gasteiger partial charge in [-0.15, -0.1) is 0 Å². The van der Waals surface area contributed by atoms with Gasteiger partial charge in [0.1, 0.15) is 6.04 Å². The SMILES string of the molecule is Cc1ccccc1CCC(=O)N1CCCC[C@@H]1C(=O)O. The summed E-state index contributed by atoms with van der Waals surface area (Å²) in [5.41, 5.74) is 2.33. The van der Waals surface area contributed by atoms with Crippen LogP contribution in [0.3, 0.4) is 0 Å². The Morgan fingerprint density at radius 1 is 1.30 bits per heavy atom. The summed E-state index contributed by atoms with van der Waals surface area (Å²) in [5, 5.41) is 9.19. The van der Waals surface area contributed by atoms with Crippen LogP contribution in [-0.4, -0.2) is 34.5 Å². The number of carboxylic acids is 1. The molecule has 1 aromatic carbocycles. The molecule has 108 valence electrons. The smallest absolute Gasteiger partial charge is 0.326 e. The zero-order valence-electron chi connectivity index (χ0n) is 11.8. The van der Waals surface area contributed by atoms with E-state index in [0.29, 0.717) is 25.8 Å². The predicted octanol–water partition coefficient (Wildman–Crippen LogP) is 2.39. The van der Waals surface area contributed by atoms with Gasteiger partial charge in [-0.3, -0.25) is 4.79 Å². The number of likely N-dealkylation sites (tertiary alicyclic amines) is 1. The number of carboxylic acid groups (broad SMARTS) is 1. The molecule has 0 spiro atoms. The Morgan fingerprint density at radius 2 is 2.05 bits per heavy atom. The van der Waals surface area contributed by atoms with Crippen LogP contribution in [-0.2, 0) is 16.0 Å². The van der Waals surface area contributed by atoms with Crippen LogP contribution in [0.25, 0.3) is 0 Å². The Balaban J connectivity index is 1.97. The lowest BCUT2D eigenvalue weighted by Crippen LogP contribution is -2.48. The summed E-state index contributed by atoms with van der Waals surface area (Å²) in [5.74, 6) is -0.922. The summed E-state index contributed by atoms with van der Waals surface area (Å²) < 4.78 is 0. The lowest BCUT2D eigenvalue weighted by Gasteiger charge is -2.33. The van der Waals surface area contributed by atoms with Gasteiger partial charge in [-0.05, 0) is 43.7 Å². The van der Waals surface area contributed by atoms with Crippen LogP contribution in [0.15, 0.2) is 24.3 Å². The average molecular weight is 275 g/mol. The maximum absolute atomic E-state index is 12.3. The summed E-state index contributed by atoms with van der Waals surface area (Å²) >= 11 is 0. The van der Waals surface area contributed by atoms with E-state index in [2.05, 4.69) is 0 Å². The number of amides is 1. The molecule has 0 radical (unpaired) electrons. The van der Waals surface area contributed by atoms with Gasteiger partial charge in [0.15, 0.2) is 0 Å². The van der Waals surface area contributed by atoms with Crippen molar-refractivity contribution in [3.63, 3.8) is 0 Å². The summed E-state index contributed by atoms with van der Waals surface area (Å²) in [4.78, 5) is 25.0. The fraction of sp³-hybridized carbons (Fsp3) is 0.500. The normalized spacial score (nSPS) is 18.9. The second-order valence-corrected chi connectivity index (χ2v) is 5.36. The number of benzene rings is 1. The molecule has 4 heteroatoms. The first-order chi connectivity index (χ1) is 9.59. The lowest BCUT2D eigenvalue weighted by molar-refractivity contribution is -0.152. The lowest BCUT2D eigenvalue weighted by atomic mass is 10.00. The van der Waals surface area contributed by atoms with Crippen molar-refractivity contribution in [1.29, 1.82) is 0 Å². The number of nitrogens with zero attached hydrogens (tertiary/aromatic N) is 1. The molecule has 0 unspecified atom stereocenters. The van der Waals surface area contributed by atoms with Gasteiger partial charge in [-0.2, -0.15) is 0 Å². The van der Waals surface area contributed by atoms with Crippen LogP contribution >= 0.6 is 0 Å². The van der Waals surface area contributed by atoms with Gasteiger partial charge in [-0.1, -0.05) is 24.3 Å². The van der Waals surface area contributed by atoms with E-state index in [-0.39, 0.29) is 5.91 Å². The van der Waals surface area contributed by atoms with Crippen LogP contribution < -0.4 is 0 Å². The van der Waals surface area contributed by atoms with E-state index >= 15 is 0 Å². The molecule has 1 heterocycles. The number of piperidine rings is 1. The van der Waals surface area contributed by atoms with E-state index in [0.717, 1.165) is 18.4 Å². The molecule has 2 rings (SSSR count). The van der Waals surface area contributed by atoms with Crippen LogP contribution in [0.4, 0.5) is 0 Å². The fourth-order valence-corrected chi connectivity index (χ4v) is 2.76. The maximum Gasteiger partial charge on any atom is 0.326 e. The zero-order chi connectivity index (χ0) is 14.5. The molecule has 1 aromatic rings. The fourth-order valence-electron chi connectivity index (χ4n) is 2.76. The Kier molecular flexibility index (Phi) is 4.77. The molecule has 1 fully saturated rings. The molecule has 0 aromatic heterocycles. The highest BCUT2D eigenvalue weighted by molar-refractivity contribution is 5.84. The summed E-state index contributed by atoms with van der Waals surface area (Å²) in [7, 11) is 0. The first-order valence-electron chi connectivity index (χ1n) is 7.16. The number of aliphatic carboxylic acids is 1. The first-order valence-corrected chi connectivity index (χ1v) is 7.16. The van der Waals surface area contributed by atoms with Crippen molar-refractivity contribution in [3.05, 3.63) is 35.4 Å². The van der Waals surface area contributed by atoms with Crippen molar-refractivity contribution < 1.29 is 14.7 Å². The second-order valence-electron chi connectivity index (χ2n) is 5.36. The van der Waals surface area contributed by atoms with Crippen molar-refractivity contribution in [1.82, 2.24) is 4.90 Å². The molecular weight excluding hydrogens is 254 g/mol. The quantitative estimate of drug-likeness (QED) is 0.918. The standard InChI is InChI=1S/C16H21NO3/c1-12-6-2-3-7-13(12)9-10-15(18)17-11-5-4-8-14(17)16(19)20/h2-3,6-7,14H,4-5,8-11H2,1H3,(H,19,20)/t14-/m1/s1. The molecule has 1 aliphatic heterocycles. The molecule has 0 bridgehead atoms. The highest BCUT2D eigenvalue weighted by atomic mass is 16.4. The molecule has 1 atom stereocenters. The topological polar surface area (TPSA) is 57.6 Å². The number of carbonyl (C=O) groups excluding carboxylic acids is 1. The highest BCUT2D eigenvalue weighted by Gasteiger charge is 2.31. The van der Waals surface area contributed by atoms with E-state index in [1.807, 2.05) is 31.2 Å². The van der Waals surface area contributed by atoms with E-state index < -0.39 is 12.0 Å². The Bertz CT molecular complexity index is 498. The molecular formula is C16H21NO3. The predicted molar refractivity (Wildman–Crippen MR) is 76.5 cm³/mol. The van der Waals surface area contributed by atoms with Gasteiger partial charge in [0.25, 0.3) is 0 Å². The Labute approximate surface area is 119 Å². The van der Waals surface area contributed by atoms with Crippen LogP contribution in [0.1, 0.15) is 36.8 Å². The molecule has 1 N–H and O–H groups in total. The zero-order valence-corrected chi connectivity index (χ0v) is 11.8. The van der Waals surface area contributed by atoms with Gasteiger partial charge < -0.3 is 10.0 Å². The molecule has 4 nitrogen and oxygen atoms in total. The van der Waals surface area contributed by atoms with Crippen LogP contribution in [0.5, 0.6) is 0 Å². The van der Waals surface area contributed by atoms with Gasteiger partial charge in [0, 0.05) is 13.0 Å². The third-order valence-electron chi connectivity index (χ3n) is 3.98. The minimum atomic E-state index is -0.881.